The van der Waals surface area contributed by atoms with Gasteiger partial charge in [-0.15, -0.1) is 30.6 Å². The maximum atomic E-state index is 4.39. The molecule has 6 heteroatoms. The minimum atomic E-state index is 0. The van der Waals surface area contributed by atoms with Crippen LogP contribution in [0.15, 0.2) is 42.0 Å². The monoisotopic (exact) mass is 387 g/mol. The first-order valence-electron chi connectivity index (χ1n) is 6.57. The molecule has 1 fully saturated rings. The second kappa shape index (κ2) is 8.78. The smallest absolute Gasteiger partial charge is 0.194 e. The number of hydrogen-bond acceptors (Lipinski definition) is 3. The minimum absolute atomic E-state index is 0. The van der Waals surface area contributed by atoms with Crippen LogP contribution in [0.25, 0.3) is 0 Å². The van der Waals surface area contributed by atoms with Crippen molar-refractivity contribution in [3.05, 3.63) is 37.1 Å². The molecule has 2 rings (SSSR count). The highest BCUT2D eigenvalue weighted by Gasteiger charge is 2.19. The molecular weight excluding hydrogens is 365 g/mol. The molecule has 110 valence electrons. The van der Waals surface area contributed by atoms with E-state index in [1.807, 2.05) is 31.5 Å². The topological polar surface area (TPSA) is 43.8 Å². The lowest BCUT2D eigenvalue weighted by atomic mass is 10.3. The highest BCUT2D eigenvalue weighted by molar-refractivity contribution is 14.0. The number of aliphatic imine (C=N–C) groups is 1. The van der Waals surface area contributed by atoms with Crippen molar-refractivity contribution >= 4 is 35.8 Å². The molecule has 0 aromatic carbocycles. The maximum Gasteiger partial charge on any atom is 0.194 e. The average Bonchev–Trinajstić information content (AvgIpc) is 2.49. The fraction of sp³-hybridized carbons (Fsp3) is 0.429. The highest BCUT2D eigenvalue weighted by Crippen LogP contribution is 2.12. The van der Waals surface area contributed by atoms with Gasteiger partial charge in [0.25, 0.3) is 0 Å². The Bertz CT molecular complexity index is 426. The Labute approximate surface area is 137 Å². The lowest BCUT2D eigenvalue weighted by Gasteiger charge is -2.37. The van der Waals surface area contributed by atoms with E-state index in [4.69, 9.17) is 0 Å². The predicted molar refractivity (Wildman–Crippen MR) is 95.0 cm³/mol. The van der Waals surface area contributed by atoms with E-state index in [-0.39, 0.29) is 24.0 Å². The molecule has 0 bridgehead atoms. The zero-order valence-electron chi connectivity index (χ0n) is 11.8. The van der Waals surface area contributed by atoms with Crippen molar-refractivity contribution in [2.45, 2.75) is 0 Å². The van der Waals surface area contributed by atoms with Gasteiger partial charge in [0.15, 0.2) is 5.96 Å². The van der Waals surface area contributed by atoms with Crippen molar-refractivity contribution in [3.8, 4) is 0 Å². The van der Waals surface area contributed by atoms with Gasteiger partial charge in [-0.2, -0.15) is 0 Å². The van der Waals surface area contributed by atoms with Crippen LogP contribution in [-0.2, 0) is 0 Å². The molecule has 0 saturated carbocycles. The third kappa shape index (κ3) is 4.36. The molecular formula is C14H22IN5. The number of nitrogens with zero attached hydrogens (tertiary/aromatic N) is 4. The Balaban J connectivity index is 0.00000200. The summed E-state index contributed by atoms with van der Waals surface area (Å²) in [6.07, 6.45) is 3.68. The number of rotatable bonds is 3. The van der Waals surface area contributed by atoms with Crippen LogP contribution in [0, 0.1) is 0 Å². The second-order valence-electron chi connectivity index (χ2n) is 4.38. The third-order valence-electron chi connectivity index (χ3n) is 3.17. The molecule has 1 aliphatic heterocycles. The summed E-state index contributed by atoms with van der Waals surface area (Å²) < 4.78 is 0. The van der Waals surface area contributed by atoms with Crippen LogP contribution in [0.5, 0.6) is 0 Å². The van der Waals surface area contributed by atoms with Crippen LogP contribution in [0.2, 0.25) is 0 Å². The molecule has 1 aliphatic rings. The normalized spacial score (nSPS) is 15.6. The molecule has 1 aromatic heterocycles. The Morgan fingerprint density at radius 3 is 2.70 bits per heavy atom. The third-order valence-corrected chi connectivity index (χ3v) is 3.17. The first-order chi connectivity index (χ1) is 9.35. The lowest BCUT2D eigenvalue weighted by molar-refractivity contribution is 0.373. The molecule has 0 amide bonds. The molecule has 20 heavy (non-hydrogen) atoms. The summed E-state index contributed by atoms with van der Waals surface area (Å²) in [6.45, 7) is 8.29. The minimum Gasteiger partial charge on any atom is -0.353 e. The Kier molecular flexibility index (Phi) is 7.35. The number of hydrogen-bond donors (Lipinski definition) is 1. The van der Waals surface area contributed by atoms with Crippen LogP contribution >= 0.6 is 24.0 Å². The van der Waals surface area contributed by atoms with Gasteiger partial charge in [-0.05, 0) is 12.1 Å². The summed E-state index contributed by atoms with van der Waals surface area (Å²) in [5.41, 5.74) is 0. The molecule has 2 heterocycles. The zero-order chi connectivity index (χ0) is 13.5. The first-order valence-corrected chi connectivity index (χ1v) is 6.57. The van der Waals surface area contributed by atoms with Gasteiger partial charge in [-0.25, -0.2) is 4.98 Å². The van der Waals surface area contributed by atoms with Crippen molar-refractivity contribution in [1.82, 2.24) is 15.2 Å². The van der Waals surface area contributed by atoms with E-state index in [0.717, 1.165) is 44.5 Å². The number of halogens is 1. The molecule has 0 aliphatic carbocycles. The van der Waals surface area contributed by atoms with Gasteiger partial charge in [0.1, 0.15) is 5.82 Å². The van der Waals surface area contributed by atoms with E-state index in [9.17, 15) is 0 Å². The van der Waals surface area contributed by atoms with E-state index < -0.39 is 0 Å². The second-order valence-corrected chi connectivity index (χ2v) is 4.38. The van der Waals surface area contributed by atoms with Gasteiger partial charge >= 0.3 is 0 Å². The molecule has 1 saturated heterocycles. The summed E-state index contributed by atoms with van der Waals surface area (Å²) in [6, 6.07) is 6.03. The molecule has 1 aromatic rings. The number of aromatic nitrogens is 1. The van der Waals surface area contributed by atoms with E-state index in [2.05, 4.69) is 37.7 Å². The van der Waals surface area contributed by atoms with Crippen LogP contribution < -0.4 is 10.2 Å². The van der Waals surface area contributed by atoms with Gasteiger partial charge in [-0.3, -0.25) is 4.99 Å². The van der Waals surface area contributed by atoms with E-state index >= 15 is 0 Å². The van der Waals surface area contributed by atoms with E-state index in [1.54, 1.807) is 0 Å². The van der Waals surface area contributed by atoms with E-state index in [0.29, 0.717) is 0 Å². The van der Waals surface area contributed by atoms with Crippen LogP contribution in [0.3, 0.4) is 0 Å². The first kappa shape index (κ1) is 16.7. The van der Waals surface area contributed by atoms with Gasteiger partial charge < -0.3 is 15.1 Å². The van der Waals surface area contributed by atoms with Crippen LogP contribution in [0.4, 0.5) is 5.82 Å². The Hall–Kier alpha value is -1.31. The Morgan fingerprint density at radius 2 is 2.15 bits per heavy atom. The van der Waals surface area contributed by atoms with Gasteiger partial charge in [0, 0.05) is 46.0 Å². The largest absolute Gasteiger partial charge is 0.353 e. The fourth-order valence-corrected chi connectivity index (χ4v) is 2.18. The quantitative estimate of drug-likeness (QED) is 0.370. The molecule has 0 radical (unpaired) electrons. The maximum absolute atomic E-state index is 4.39. The molecule has 0 atom stereocenters. The summed E-state index contributed by atoms with van der Waals surface area (Å²) in [4.78, 5) is 13.3. The standard InChI is InChI=1S/C14H21N5.HI/c1-3-7-17-14(15-2)19-11-9-18(10-12-19)13-6-4-5-8-16-13;/h3-6,8H,1,7,9-12H2,2H3,(H,15,17);1H. The summed E-state index contributed by atoms with van der Waals surface area (Å²) in [5.74, 6) is 2.00. The number of pyridine rings is 1. The summed E-state index contributed by atoms with van der Waals surface area (Å²) in [7, 11) is 1.82. The molecule has 0 spiro atoms. The SMILES string of the molecule is C=CCNC(=NC)N1CCN(c2ccccn2)CC1.I. The molecule has 5 nitrogen and oxygen atoms in total. The van der Waals surface area contributed by atoms with Gasteiger partial charge in [0.2, 0.25) is 0 Å². The van der Waals surface area contributed by atoms with Crippen LogP contribution in [-0.4, -0.2) is 55.6 Å². The van der Waals surface area contributed by atoms with Crippen molar-refractivity contribution in [3.63, 3.8) is 0 Å². The lowest BCUT2D eigenvalue weighted by Crippen LogP contribution is -2.52. The number of guanidine groups is 1. The fourth-order valence-electron chi connectivity index (χ4n) is 2.18. The zero-order valence-corrected chi connectivity index (χ0v) is 14.2. The number of piperazine rings is 1. The number of nitrogens with one attached hydrogen (secondary N) is 1. The van der Waals surface area contributed by atoms with Crippen molar-refractivity contribution in [2.75, 3.05) is 44.7 Å². The van der Waals surface area contributed by atoms with E-state index in [1.165, 1.54) is 0 Å². The molecule has 1 N–H and O–H groups in total. The van der Waals surface area contributed by atoms with Crippen LogP contribution in [0.1, 0.15) is 0 Å². The highest BCUT2D eigenvalue weighted by atomic mass is 127. The number of anilines is 1. The van der Waals surface area contributed by atoms with Crippen molar-refractivity contribution < 1.29 is 0 Å². The summed E-state index contributed by atoms with van der Waals surface area (Å²) in [5, 5.41) is 3.27. The molecule has 0 unspecified atom stereocenters. The predicted octanol–water partition coefficient (Wildman–Crippen LogP) is 1.58. The summed E-state index contributed by atoms with van der Waals surface area (Å²) >= 11 is 0. The van der Waals surface area contributed by atoms with Crippen molar-refractivity contribution in [1.29, 1.82) is 0 Å². The van der Waals surface area contributed by atoms with Gasteiger partial charge in [0.05, 0.1) is 0 Å². The van der Waals surface area contributed by atoms with Gasteiger partial charge in [-0.1, -0.05) is 12.1 Å². The average molecular weight is 387 g/mol. The Morgan fingerprint density at radius 1 is 1.40 bits per heavy atom. The van der Waals surface area contributed by atoms with Crippen molar-refractivity contribution in [2.24, 2.45) is 4.99 Å².